The number of rotatable bonds is 5. The molecule has 0 heterocycles. The lowest BCUT2D eigenvalue weighted by molar-refractivity contribution is -0.116. The summed E-state index contributed by atoms with van der Waals surface area (Å²) < 4.78 is 5.07. The van der Waals surface area contributed by atoms with Gasteiger partial charge in [-0.2, -0.15) is 0 Å². The van der Waals surface area contributed by atoms with E-state index in [4.69, 9.17) is 16.3 Å². The van der Waals surface area contributed by atoms with Crippen LogP contribution in [0.2, 0.25) is 5.02 Å². The van der Waals surface area contributed by atoms with Crippen LogP contribution in [-0.4, -0.2) is 19.1 Å². The Morgan fingerprint density at radius 3 is 2.43 bits per heavy atom. The number of carbonyl (C=O) groups is 1. The summed E-state index contributed by atoms with van der Waals surface area (Å²) in [4.78, 5) is 12.1. The van der Waals surface area contributed by atoms with Gasteiger partial charge in [0.15, 0.2) is 0 Å². The molecule has 2 rings (SSSR count). The Balaban J connectivity index is 1.97. The molecule has 2 aromatic rings. The fourth-order valence-electron chi connectivity index (χ4n) is 1.80. The highest BCUT2D eigenvalue weighted by atomic mass is 35.5. The van der Waals surface area contributed by atoms with Crippen molar-refractivity contribution in [2.24, 2.45) is 0 Å². The van der Waals surface area contributed by atoms with Gasteiger partial charge in [0.2, 0.25) is 5.91 Å². The van der Waals surface area contributed by atoms with E-state index in [-0.39, 0.29) is 5.91 Å². The average molecular weight is 305 g/mol. The number of para-hydroxylation sites is 1. The fraction of sp³-hybridized carbons (Fsp3) is 0.188. The molecule has 0 saturated heterocycles. The highest BCUT2D eigenvalue weighted by molar-refractivity contribution is 6.33. The van der Waals surface area contributed by atoms with E-state index in [9.17, 15) is 4.79 Å². The number of carbonyl (C=O) groups excluding carboxylic acids is 1. The van der Waals surface area contributed by atoms with Crippen LogP contribution in [0.3, 0.4) is 0 Å². The third-order valence-electron chi connectivity index (χ3n) is 3.00. The number of ether oxygens (including phenoxy) is 1. The largest absolute Gasteiger partial charge is 0.497 e. The van der Waals surface area contributed by atoms with Crippen molar-refractivity contribution in [2.75, 3.05) is 17.7 Å². The van der Waals surface area contributed by atoms with E-state index in [0.29, 0.717) is 10.7 Å². The van der Waals surface area contributed by atoms with Crippen molar-refractivity contribution in [1.82, 2.24) is 0 Å². The molecule has 0 aliphatic heterocycles. The zero-order valence-electron chi connectivity index (χ0n) is 11.9. The van der Waals surface area contributed by atoms with Crippen LogP contribution in [0.5, 0.6) is 5.75 Å². The second-order valence-electron chi connectivity index (χ2n) is 4.56. The molecule has 0 fully saturated rings. The Labute approximate surface area is 129 Å². The summed E-state index contributed by atoms with van der Waals surface area (Å²) >= 11 is 6.06. The number of hydrogen-bond donors (Lipinski definition) is 2. The van der Waals surface area contributed by atoms with Gasteiger partial charge in [0.05, 0.1) is 17.8 Å². The zero-order chi connectivity index (χ0) is 15.2. The van der Waals surface area contributed by atoms with Gasteiger partial charge in [-0.1, -0.05) is 23.7 Å². The molecular weight excluding hydrogens is 288 g/mol. The van der Waals surface area contributed by atoms with Crippen LogP contribution in [0.15, 0.2) is 48.5 Å². The summed E-state index contributed by atoms with van der Waals surface area (Å²) in [5.74, 6) is 0.607. The van der Waals surface area contributed by atoms with Crippen LogP contribution in [0.1, 0.15) is 6.92 Å². The monoisotopic (exact) mass is 304 g/mol. The van der Waals surface area contributed by atoms with Crippen molar-refractivity contribution in [3.8, 4) is 5.75 Å². The number of hydrogen-bond acceptors (Lipinski definition) is 3. The molecule has 2 aromatic carbocycles. The van der Waals surface area contributed by atoms with Crippen LogP contribution in [-0.2, 0) is 4.79 Å². The Morgan fingerprint density at radius 2 is 1.81 bits per heavy atom. The predicted molar refractivity (Wildman–Crippen MR) is 86.2 cm³/mol. The first-order chi connectivity index (χ1) is 10.1. The van der Waals surface area contributed by atoms with E-state index in [1.165, 1.54) is 0 Å². The summed E-state index contributed by atoms with van der Waals surface area (Å²) in [5.41, 5.74) is 1.45. The highest BCUT2D eigenvalue weighted by Crippen LogP contribution is 2.21. The number of halogens is 1. The number of benzene rings is 2. The van der Waals surface area contributed by atoms with Gasteiger partial charge >= 0.3 is 0 Å². The second-order valence-corrected chi connectivity index (χ2v) is 4.97. The van der Waals surface area contributed by atoms with E-state index in [1.807, 2.05) is 18.2 Å². The maximum absolute atomic E-state index is 12.1. The van der Waals surface area contributed by atoms with Crippen LogP contribution < -0.4 is 15.4 Å². The molecule has 0 bridgehead atoms. The molecular formula is C16H17ClN2O2. The van der Waals surface area contributed by atoms with Crippen molar-refractivity contribution in [1.29, 1.82) is 0 Å². The van der Waals surface area contributed by atoms with Gasteiger partial charge in [-0.3, -0.25) is 4.79 Å². The van der Waals surface area contributed by atoms with Crippen LogP contribution in [0.25, 0.3) is 0 Å². The lowest BCUT2D eigenvalue weighted by Crippen LogP contribution is -2.31. The zero-order valence-corrected chi connectivity index (χ0v) is 12.6. The Kier molecular flexibility index (Phi) is 5.06. The smallest absolute Gasteiger partial charge is 0.246 e. The molecule has 0 aliphatic rings. The van der Waals surface area contributed by atoms with Crippen LogP contribution in [0, 0.1) is 0 Å². The number of amides is 1. The summed E-state index contributed by atoms with van der Waals surface area (Å²) in [7, 11) is 1.60. The highest BCUT2D eigenvalue weighted by Gasteiger charge is 2.13. The number of nitrogens with one attached hydrogen (secondary N) is 2. The van der Waals surface area contributed by atoms with Gasteiger partial charge in [-0.25, -0.2) is 0 Å². The fourth-order valence-corrected chi connectivity index (χ4v) is 1.99. The van der Waals surface area contributed by atoms with Crippen molar-refractivity contribution in [2.45, 2.75) is 13.0 Å². The SMILES string of the molecule is COc1ccc(NC(=O)[C@@H](C)Nc2ccccc2Cl)cc1. The molecule has 5 heteroatoms. The van der Waals surface area contributed by atoms with Gasteiger partial charge in [-0.15, -0.1) is 0 Å². The van der Waals surface area contributed by atoms with Gasteiger partial charge in [0.25, 0.3) is 0 Å². The molecule has 2 N–H and O–H groups in total. The summed E-state index contributed by atoms with van der Waals surface area (Å²) in [5, 5.41) is 6.50. The molecule has 21 heavy (non-hydrogen) atoms. The van der Waals surface area contributed by atoms with E-state index in [2.05, 4.69) is 10.6 Å². The molecule has 0 radical (unpaired) electrons. The molecule has 4 nitrogen and oxygen atoms in total. The first kappa shape index (κ1) is 15.2. The predicted octanol–water partition coefficient (Wildman–Crippen LogP) is 3.79. The minimum absolute atomic E-state index is 0.139. The molecule has 1 amide bonds. The Bertz CT molecular complexity index is 614. The maximum Gasteiger partial charge on any atom is 0.246 e. The van der Waals surface area contributed by atoms with Gasteiger partial charge in [0.1, 0.15) is 11.8 Å². The molecule has 110 valence electrons. The lowest BCUT2D eigenvalue weighted by atomic mass is 10.2. The summed E-state index contributed by atoms with van der Waals surface area (Å²) in [6, 6.07) is 14.1. The molecule has 1 atom stereocenters. The summed E-state index contributed by atoms with van der Waals surface area (Å²) in [6.45, 7) is 1.78. The first-order valence-corrected chi connectivity index (χ1v) is 6.94. The van der Waals surface area contributed by atoms with E-state index >= 15 is 0 Å². The number of anilines is 2. The Hall–Kier alpha value is -2.20. The van der Waals surface area contributed by atoms with Crippen molar-refractivity contribution < 1.29 is 9.53 Å². The third kappa shape index (κ3) is 4.13. The molecule has 0 aromatic heterocycles. The van der Waals surface area contributed by atoms with E-state index in [1.54, 1.807) is 44.4 Å². The van der Waals surface area contributed by atoms with E-state index < -0.39 is 6.04 Å². The third-order valence-corrected chi connectivity index (χ3v) is 3.33. The van der Waals surface area contributed by atoms with E-state index in [0.717, 1.165) is 11.4 Å². The van der Waals surface area contributed by atoms with Crippen LogP contribution in [0.4, 0.5) is 11.4 Å². The second kappa shape index (κ2) is 6.99. The van der Waals surface area contributed by atoms with Gasteiger partial charge < -0.3 is 15.4 Å². The first-order valence-electron chi connectivity index (χ1n) is 6.56. The normalized spacial score (nSPS) is 11.6. The van der Waals surface area contributed by atoms with Crippen molar-refractivity contribution in [3.05, 3.63) is 53.6 Å². The molecule has 0 saturated carbocycles. The number of methoxy groups -OCH3 is 1. The standard InChI is InChI=1S/C16H17ClN2O2/c1-11(18-15-6-4-3-5-14(15)17)16(20)19-12-7-9-13(21-2)10-8-12/h3-11,18H,1-2H3,(H,19,20)/t11-/m1/s1. The van der Waals surface area contributed by atoms with Crippen molar-refractivity contribution in [3.63, 3.8) is 0 Å². The van der Waals surface area contributed by atoms with Gasteiger partial charge in [0, 0.05) is 5.69 Å². The van der Waals surface area contributed by atoms with Crippen LogP contribution >= 0.6 is 11.6 Å². The topological polar surface area (TPSA) is 50.4 Å². The lowest BCUT2D eigenvalue weighted by Gasteiger charge is -2.16. The van der Waals surface area contributed by atoms with Gasteiger partial charge in [-0.05, 0) is 43.3 Å². The average Bonchev–Trinajstić information content (AvgIpc) is 2.50. The molecule has 0 spiro atoms. The minimum Gasteiger partial charge on any atom is -0.497 e. The summed E-state index contributed by atoms with van der Waals surface area (Å²) in [6.07, 6.45) is 0. The Morgan fingerprint density at radius 1 is 1.14 bits per heavy atom. The molecule has 0 aliphatic carbocycles. The minimum atomic E-state index is -0.410. The molecule has 0 unspecified atom stereocenters. The van der Waals surface area contributed by atoms with Crippen molar-refractivity contribution >= 4 is 28.9 Å². The quantitative estimate of drug-likeness (QED) is 0.883. The maximum atomic E-state index is 12.1.